The Morgan fingerprint density at radius 3 is 2.67 bits per heavy atom. The molecule has 0 spiro atoms. The first-order valence-electron chi connectivity index (χ1n) is 8.32. The molecule has 1 aliphatic rings. The van der Waals surface area contributed by atoms with Crippen molar-refractivity contribution in [2.45, 2.75) is 77.1 Å². The van der Waals surface area contributed by atoms with Crippen LogP contribution in [0.5, 0.6) is 0 Å². The lowest BCUT2D eigenvalue weighted by Crippen LogP contribution is -2.42. The molecule has 4 nitrogen and oxygen atoms in total. The topological polar surface area (TPSA) is 38.8 Å². The number of nitrogens with zero attached hydrogens (tertiary/aromatic N) is 1. The third-order valence-corrected chi connectivity index (χ3v) is 4.10. The third-order valence-electron chi connectivity index (χ3n) is 3.70. The van der Waals surface area contributed by atoms with E-state index in [1.807, 2.05) is 11.8 Å². The van der Waals surface area contributed by atoms with Crippen molar-refractivity contribution in [2.75, 3.05) is 19.7 Å². The first-order chi connectivity index (χ1) is 10.1. The van der Waals surface area contributed by atoms with Gasteiger partial charge in [-0.05, 0) is 19.3 Å². The average molecular weight is 320 g/mol. The van der Waals surface area contributed by atoms with Crippen molar-refractivity contribution in [1.82, 2.24) is 4.90 Å². The van der Waals surface area contributed by atoms with Crippen LogP contribution in [0.4, 0.5) is 0 Å². The largest absolute Gasteiger partial charge is 0.348 e. The summed E-state index contributed by atoms with van der Waals surface area (Å²) in [6.07, 6.45) is 5.62. The summed E-state index contributed by atoms with van der Waals surface area (Å²) in [5.74, 6) is 0.0121. The number of halogens is 1. The monoisotopic (exact) mass is 319 g/mol. The number of carbonyl (C=O) groups excluding carboxylic acids is 1. The molecule has 1 fully saturated rings. The highest BCUT2D eigenvalue weighted by Gasteiger charge is 2.30. The standard InChI is InChI=1S/C16H30ClNO3/c1-4-7-10-18(16(19)14(17)9-6-3)11-15-20-12-13(21-15)8-5-2/h13-15H,4-12H2,1-3H3. The summed E-state index contributed by atoms with van der Waals surface area (Å²) in [5, 5.41) is -0.431. The lowest BCUT2D eigenvalue weighted by Gasteiger charge is -2.27. The Labute approximate surface area is 134 Å². The van der Waals surface area contributed by atoms with Gasteiger partial charge in [0.25, 0.3) is 0 Å². The first kappa shape index (κ1) is 18.7. The number of hydrogen-bond acceptors (Lipinski definition) is 3. The van der Waals surface area contributed by atoms with Gasteiger partial charge in [0.05, 0.1) is 19.3 Å². The van der Waals surface area contributed by atoms with Gasteiger partial charge in [-0.2, -0.15) is 0 Å². The minimum atomic E-state index is -0.431. The number of hydrogen-bond donors (Lipinski definition) is 0. The van der Waals surface area contributed by atoms with Gasteiger partial charge in [0.1, 0.15) is 5.38 Å². The van der Waals surface area contributed by atoms with Crippen LogP contribution in [-0.4, -0.2) is 48.3 Å². The number of alkyl halides is 1. The quantitative estimate of drug-likeness (QED) is 0.578. The van der Waals surface area contributed by atoms with Crippen molar-refractivity contribution in [2.24, 2.45) is 0 Å². The minimum Gasteiger partial charge on any atom is -0.348 e. The molecule has 1 saturated heterocycles. The molecule has 0 aromatic heterocycles. The second-order valence-electron chi connectivity index (χ2n) is 5.70. The second kappa shape index (κ2) is 10.4. The molecule has 5 heteroatoms. The minimum absolute atomic E-state index is 0.0121. The molecule has 0 N–H and O–H groups in total. The molecular weight excluding hydrogens is 290 g/mol. The van der Waals surface area contributed by atoms with E-state index in [0.717, 1.165) is 38.6 Å². The van der Waals surface area contributed by atoms with E-state index in [2.05, 4.69) is 13.8 Å². The highest BCUT2D eigenvalue weighted by molar-refractivity contribution is 6.30. The van der Waals surface area contributed by atoms with E-state index in [0.29, 0.717) is 19.6 Å². The number of amides is 1. The van der Waals surface area contributed by atoms with Crippen LogP contribution in [0.3, 0.4) is 0 Å². The predicted molar refractivity (Wildman–Crippen MR) is 85.6 cm³/mol. The summed E-state index contributed by atoms with van der Waals surface area (Å²) in [6, 6.07) is 0. The summed E-state index contributed by atoms with van der Waals surface area (Å²) < 4.78 is 11.5. The summed E-state index contributed by atoms with van der Waals surface area (Å²) in [5.41, 5.74) is 0. The van der Waals surface area contributed by atoms with E-state index < -0.39 is 5.38 Å². The molecule has 1 rings (SSSR count). The van der Waals surface area contributed by atoms with Crippen LogP contribution in [0, 0.1) is 0 Å². The average Bonchev–Trinajstić information content (AvgIpc) is 2.90. The molecule has 0 aliphatic carbocycles. The zero-order valence-electron chi connectivity index (χ0n) is 13.6. The lowest BCUT2D eigenvalue weighted by atomic mass is 10.2. The van der Waals surface area contributed by atoms with Gasteiger partial charge in [0.2, 0.25) is 5.91 Å². The van der Waals surface area contributed by atoms with Crippen molar-refractivity contribution in [3.05, 3.63) is 0 Å². The van der Waals surface area contributed by atoms with Gasteiger partial charge in [-0.15, -0.1) is 11.6 Å². The van der Waals surface area contributed by atoms with Gasteiger partial charge >= 0.3 is 0 Å². The Morgan fingerprint density at radius 2 is 2.05 bits per heavy atom. The Bertz CT molecular complexity index is 301. The van der Waals surface area contributed by atoms with Gasteiger partial charge in [0, 0.05) is 6.54 Å². The van der Waals surface area contributed by atoms with Crippen LogP contribution in [0.15, 0.2) is 0 Å². The zero-order valence-corrected chi connectivity index (χ0v) is 14.4. The zero-order chi connectivity index (χ0) is 15.7. The van der Waals surface area contributed by atoms with Crippen molar-refractivity contribution in [3.63, 3.8) is 0 Å². The summed E-state index contributed by atoms with van der Waals surface area (Å²) in [6.45, 7) is 8.14. The molecule has 124 valence electrons. The fourth-order valence-electron chi connectivity index (χ4n) is 2.47. The van der Waals surface area contributed by atoms with Crippen LogP contribution in [0.25, 0.3) is 0 Å². The van der Waals surface area contributed by atoms with Gasteiger partial charge in [-0.25, -0.2) is 0 Å². The molecule has 0 aromatic carbocycles. The van der Waals surface area contributed by atoms with E-state index in [-0.39, 0.29) is 18.3 Å². The number of rotatable bonds is 10. The molecule has 0 radical (unpaired) electrons. The Balaban J connectivity index is 2.51. The molecule has 0 aromatic rings. The summed E-state index contributed by atoms with van der Waals surface area (Å²) in [4.78, 5) is 14.2. The highest BCUT2D eigenvalue weighted by atomic mass is 35.5. The number of ether oxygens (including phenoxy) is 2. The van der Waals surface area contributed by atoms with E-state index >= 15 is 0 Å². The van der Waals surface area contributed by atoms with Gasteiger partial charge in [0.15, 0.2) is 6.29 Å². The highest BCUT2D eigenvalue weighted by Crippen LogP contribution is 2.18. The maximum atomic E-state index is 12.4. The van der Waals surface area contributed by atoms with E-state index in [4.69, 9.17) is 21.1 Å². The van der Waals surface area contributed by atoms with Crippen LogP contribution < -0.4 is 0 Å². The fourth-order valence-corrected chi connectivity index (χ4v) is 2.83. The van der Waals surface area contributed by atoms with Gasteiger partial charge in [-0.3, -0.25) is 4.79 Å². The smallest absolute Gasteiger partial charge is 0.240 e. The van der Waals surface area contributed by atoms with Crippen LogP contribution in [-0.2, 0) is 14.3 Å². The van der Waals surface area contributed by atoms with Crippen LogP contribution in [0.2, 0.25) is 0 Å². The SMILES string of the molecule is CCCCN(CC1OCC(CCC)O1)C(=O)C(Cl)CCC. The molecule has 1 aliphatic heterocycles. The van der Waals surface area contributed by atoms with Crippen molar-refractivity contribution >= 4 is 17.5 Å². The van der Waals surface area contributed by atoms with Gasteiger partial charge < -0.3 is 14.4 Å². The van der Waals surface area contributed by atoms with Crippen molar-refractivity contribution < 1.29 is 14.3 Å². The first-order valence-corrected chi connectivity index (χ1v) is 8.75. The molecular formula is C16H30ClNO3. The Morgan fingerprint density at radius 1 is 1.29 bits per heavy atom. The van der Waals surface area contributed by atoms with Crippen molar-refractivity contribution in [3.8, 4) is 0 Å². The van der Waals surface area contributed by atoms with Crippen molar-refractivity contribution in [1.29, 1.82) is 0 Å². The van der Waals surface area contributed by atoms with E-state index in [9.17, 15) is 4.79 Å². The molecule has 3 unspecified atom stereocenters. The third kappa shape index (κ3) is 6.54. The van der Waals surface area contributed by atoms with Crippen LogP contribution >= 0.6 is 11.6 Å². The van der Waals surface area contributed by atoms with Gasteiger partial charge in [-0.1, -0.05) is 40.0 Å². The van der Waals surface area contributed by atoms with Crippen LogP contribution in [0.1, 0.15) is 59.3 Å². The second-order valence-corrected chi connectivity index (χ2v) is 6.23. The predicted octanol–water partition coefficient (Wildman–Crippen LogP) is 3.56. The Kier molecular flexibility index (Phi) is 9.29. The molecule has 1 heterocycles. The maximum Gasteiger partial charge on any atom is 0.240 e. The Hall–Kier alpha value is -0.320. The lowest BCUT2D eigenvalue weighted by molar-refractivity contribution is -0.138. The summed E-state index contributed by atoms with van der Waals surface area (Å²) >= 11 is 6.20. The van der Waals surface area contributed by atoms with E-state index in [1.165, 1.54) is 0 Å². The number of unbranched alkanes of at least 4 members (excludes halogenated alkanes) is 1. The molecule has 21 heavy (non-hydrogen) atoms. The molecule has 1 amide bonds. The summed E-state index contributed by atoms with van der Waals surface area (Å²) in [7, 11) is 0. The maximum absolute atomic E-state index is 12.4. The number of carbonyl (C=O) groups is 1. The normalized spacial score (nSPS) is 23.2. The molecule has 0 bridgehead atoms. The molecule has 0 saturated carbocycles. The fraction of sp³-hybridized carbons (Fsp3) is 0.938. The van der Waals surface area contributed by atoms with E-state index in [1.54, 1.807) is 0 Å². The molecule has 3 atom stereocenters.